The number of hydrogen-bond acceptors (Lipinski definition) is 6. The molecule has 0 aliphatic heterocycles. The van der Waals surface area contributed by atoms with E-state index < -0.39 is 29.2 Å². The normalized spacial score (nSPS) is 12.3. The van der Waals surface area contributed by atoms with E-state index in [-0.39, 0.29) is 23.1 Å². The van der Waals surface area contributed by atoms with Crippen LogP contribution in [0.1, 0.15) is 11.1 Å². The molecule has 4 aromatic rings. The van der Waals surface area contributed by atoms with Gasteiger partial charge in [-0.1, -0.05) is 0 Å². The highest BCUT2D eigenvalue weighted by atomic mass is 19.4. The molecular weight excluding hydrogens is 416 g/mol. The van der Waals surface area contributed by atoms with Gasteiger partial charge in [0.2, 0.25) is 0 Å². The second-order valence-corrected chi connectivity index (χ2v) is 5.97. The Bertz CT molecular complexity index is 1200. The van der Waals surface area contributed by atoms with Gasteiger partial charge in [-0.25, -0.2) is 4.98 Å². The molecule has 154 valence electrons. The van der Waals surface area contributed by atoms with Gasteiger partial charge in [-0.05, 0) is 36.4 Å². The predicted molar refractivity (Wildman–Crippen MR) is 91.5 cm³/mol. The van der Waals surface area contributed by atoms with Gasteiger partial charge >= 0.3 is 12.4 Å². The van der Waals surface area contributed by atoms with Gasteiger partial charge in [0, 0.05) is 11.9 Å². The summed E-state index contributed by atoms with van der Waals surface area (Å²) >= 11 is 0. The maximum absolute atomic E-state index is 13.2. The van der Waals surface area contributed by atoms with Gasteiger partial charge < -0.3 is 5.32 Å². The highest BCUT2D eigenvalue weighted by Gasteiger charge is 2.35. The second-order valence-electron chi connectivity index (χ2n) is 5.97. The van der Waals surface area contributed by atoms with E-state index in [2.05, 4.69) is 30.6 Å². The SMILES string of the molecule is FC(F)(F)c1ccc(Nc2nnc3nc(-c4ncccc4C(F)(F)F)cnn23)cc1. The molecule has 13 heteroatoms. The fourth-order valence-electron chi connectivity index (χ4n) is 2.60. The molecule has 30 heavy (non-hydrogen) atoms. The zero-order valence-electron chi connectivity index (χ0n) is 14.6. The molecule has 3 heterocycles. The predicted octanol–water partition coefficient (Wildman–Crippen LogP) is 4.36. The largest absolute Gasteiger partial charge is 0.418 e. The summed E-state index contributed by atoms with van der Waals surface area (Å²) in [6, 6.07) is 6.17. The number of pyridine rings is 1. The van der Waals surface area contributed by atoms with Crippen LogP contribution in [0, 0.1) is 0 Å². The maximum atomic E-state index is 13.2. The zero-order chi connectivity index (χ0) is 21.5. The van der Waals surface area contributed by atoms with Crippen LogP contribution >= 0.6 is 0 Å². The van der Waals surface area contributed by atoms with Crippen LogP contribution in [0.5, 0.6) is 0 Å². The number of halogens is 6. The third kappa shape index (κ3) is 3.73. The van der Waals surface area contributed by atoms with E-state index in [0.29, 0.717) is 0 Å². The quantitative estimate of drug-likeness (QED) is 0.492. The minimum absolute atomic E-state index is 0.0147. The van der Waals surface area contributed by atoms with Crippen LogP contribution in [0.25, 0.3) is 17.2 Å². The summed E-state index contributed by atoms with van der Waals surface area (Å²) in [5, 5.41) is 14.2. The van der Waals surface area contributed by atoms with Gasteiger partial charge in [0.25, 0.3) is 11.7 Å². The molecule has 0 atom stereocenters. The van der Waals surface area contributed by atoms with Gasteiger partial charge in [-0.15, -0.1) is 10.2 Å². The number of benzene rings is 1. The molecular formula is C17H9F6N7. The second kappa shape index (κ2) is 6.93. The molecule has 3 aromatic heterocycles. The number of hydrogen-bond donors (Lipinski definition) is 1. The van der Waals surface area contributed by atoms with Crippen LogP contribution < -0.4 is 5.32 Å². The minimum atomic E-state index is -4.64. The molecule has 0 spiro atoms. The molecule has 1 aromatic carbocycles. The zero-order valence-corrected chi connectivity index (χ0v) is 14.6. The van der Waals surface area contributed by atoms with Gasteiger partial charge in [0.1, 0.15) is 11.4 Å². The smallest absolute Gasteiger partial charge is 0.323 e. The van der Waals surface area contributed by atoms with E-state index in [1.165, 1.54) is 18.3 Å². The fraction of sp³-hybridized carbons (Fsp3) is 0.118. The minimum Gasteiger partial charge on any atom is -0.323 e. The molecule has 0 saturated carbocycles. The first-order valence-corrected chi connectivity index (χ1v) is 8.18. The molecule has 0 fully saturated rings. The van der Waals surface area contributed by atoms with Crippen molar-refractivity contribution in [3.8, 4) is 11.4 Å². The highest BCUT2D eigenvalue weighted by molar-refractivity contribution is 5.61. The summed E-state index contributed by atoms with van der Waals surface area (Å²) in [6.07, 6.45) is -6.85. The standard InChI is InChI=1S/C17H9F6N7/c18-16(19,20)9-3-5-10(6-4-9)26-14-28-29-15-27-12(8-25-30(14)15)13-11(17(21,22)23)2-1-7-24-13/h1-8H,(H,26,28). The lowest BCUT2D eigenvalue weighted by Gasteiger charge is -2.11. The van der Waals surface area contributed by atoms with Crippen LogP contribution in [-0.4, -0.2) is 29.8 Å². The topological polar surface area (TPSA) is 80.9 Å². The van der Waals surface area contributed by atoms with Crippen LogP contribution in [0.2, 0.25) is 0 Å². The number of fused-ring (bicyclic) bond motifs is 1. The number of nitrogens with zero attached hydrogens (tertiary/aromatic N) is 6. The summed E-state index contributed by atoms with van der Waals surface area (Å²) in [7, 11) is 0. The molecule has 0 amide bonds. The average molecular weight is 425 g/mol. The number of rotatable bonds is 3. The van der Waals surface area contributed by atoms with E-state index in [4.69, 9.17) is 0 Å². The van der Waals surface area contributed by atoms with Gasteiger partial charge in [0.05, 0.1) is 17.3 Å². The van der Waals surface area contributed by atoms with Crippen molar-refractivity contribution < 1.29 is 26.3 Å². The van der Waals surface area contributed by atoms with Crippen molar-refractivity contribution in [1.82, 2.24) is 29.8 Å². The highest BCUT2D eigenvalue weighted by Crippen LogP contribution is 2.35. The molecule has 0 saturated heterocycles. The van der Waals surface area contributed by atoms with Crippen molar-refractivity contribution in [2.75, 3.05) is 5.32 Å². The van der Waals surface area contributed by atoms with E-state index in [1.807, 2.05) is 0 Å². The molecule has 0 aliphatic rings. The van der Waals surface area contributed by atoms with Crippen LogP contribution in [0.4, 0.5) is 38.0 Å². The number of nitrogens with one attached hydrogen (secondary N) is 1. The first-order chi connectivity index (χ1) is 14.1. The molecule has 0 radical (unpaired) electrons. The molecule has 0 aliphatic carbocycles. The monoisotopic (exact) mass is 425 g/mol. The van der Waals surface area contributed by atoms with Gasteiger partial charge in [-0.3, -0.25) is 4.98 Å². The van der Waals surface area contributed by atoms with Gasteiger partial charge in [0.15, 0.2) is 0 Å². The van der Waals surface area contributed by atoms with E-state index in [9.17, 15) is 26.3 Å². The Kier molecular flexibility index (Phi) is 4.51. The van der Waals surface area contributed by atoms with Gasteiger partial charge in [-0.2, -0.15) is 36.0 Å². The Hall–Kier alpha value is -3.77. The van der Waals surface area contributed by atoms with Crippen molar-refractivity contribution in [2.45, 2.75) is 12.4 Å². The fourth-order valence-corrected chi connectivity index (χ4v) is 2.60. The Morgan fingerprint density at radius 1 is 0.867 bits per heavy atom. The summed E-state index contributed by atoms with van der Waals surface area (Å²) in [6.45, 7) is 0. The summed E-state index contributed by atoms with van der Waals surface area (Å²) < 4.78 is 78.6. The lowest BCUT2D eigenvalue weighted by molar-refractivity contribution is -0.138. The van der Waals surface area contributed by atoms with E-state index in [0.717, 1.165) is 35.0 Å². The van der Waals surface area contributed by atoms with E-state index >= 15 is 0 Å². The first kappa shape index (κ1) is 19.5. The number of anilines is 2. The van der Waals surface area contributed by atoms with Crippen molar-refractivity contribution >= 4 is 17.4 Å². The summed E-state index contributed by atoms with van der Waals surface area (Å²) in [5.41, 5.74) is -2.11. The van der Waals surface area contributed by atoms with Crippen molar-refractivity contribution in [3.63, 3.8) is 0 Å². The summed E-state index contributed by atoms with van der Waals surface area (Å²) in [5.74, 6) is -0.110. The number of alkyl halides is 6. The van der Waals surface area contributed by atoms with Crippen molar-refractivity contribution in [1.29, 1.82) is 0 Å². The molecule has 0 unspecified atom stereocenters. The molecule has 4 rings (SSSR count). The molecule has 0 bridgehead atoms. The summed E-state index contributed by atoms with van der Waals surface area (Å²) in [4.78, 5) is 7.74. The lowest BCUT2D eigenvalue weighted by atomic mass is 10.1. The third-order valence-electron chi connectivity index (χ3n) is 3.96. The first-order valence-electron chi connectivity index (χ1n) is 8.18. The van der Waals surface area contributed by atoms with Crippen LogP contribution in [0.15, 0.2) is 48.8 Å². The van der Waals surface area contributed by atoms with Crippen LogP contribution in [-0.2, 0) is 12.4 Å². The Morgan fingerprint density at radius 3 is 2.27 bits per heavy atom. The Balaban J connectivity index is 1.66. The third-order valence-corrected chi connectivity index (χ3v) is 3.96. The van der Waals surface area contributed by atoms with E-state index in [1.54, 1.807) is 0 Å². The van der Waals surface area contributed by atoms with Crippen LogP contribution in [0.3, 0.4) is 0 Å². The molecule has 1 N–H and O–H groups in total. The molecule has 7 nitrogen and oxygen atoms in total. The maximum Gasteiger partial charge on any atom is 0.418 e. The van der Waals surface area contributed by atoms with Crippen molar-refractivity contribution in [3.05, 3.63) is 59.9 Å². The average Bonchev–Trinajstić information content (AvgIpc) is 3.09. The Morgan fingerprint density at radius 2 is 1.60 bits per heavy atom. The lowest BCUT2D eigenvalue weighted by Crippen LogP contribution is -2.09. The van der Waals surface area contributed by atoms with Crippen molar-refractivity contribution in [2.24, 2.45) is 0 Å². The Labute approximate surface area is 163 Å². The number of aromatic nitrogens is 6.